The van der Waals surface area contributed by atoms with Crippen LogP contribution in [0.2, 0.25) is 0 Å². The second-order valence-electron chi connectivity index (χ2n) is 7.40. The summed E-state index contributed by atoms with van der Waals surface area (Å²) in [6.07, 6.45) is 2.16. The number of hydrogen-bond donors (Lipinski definition) is 4. The van der Waals surface area contributed by atoms with E-state index in [1.54, 1.807) is 12.1 Å². The molecule has 1 aromatic carbocycles. The van der Waals surface area contributed by atoms with Gasteiger partial charge in [-0.1, -0.05) is 13.8 Å². The first kappa shape index (κ1) is 21.0. The van der Waals surface area contributed by atoms with Gasteiger partial charge < -0.3 is 26.0 Å². The molecular formula is C20H33N5O2. The number of aromatic hydroxyl groups is 1. The lowest BCUT2D eigenvalue weighted by Gasteiger charge is -2.34. The van der Waals surface area contributed by atoms with Gasteiger partial charge in [0.25, 0.3) is 0 Å². The molecule has 0 spiro atoms. The third-order valence-corrected chi connectivity index (χ3v) is 4.43. The number of benzene rings is 1. The molecule has 1 amide bonds. The van der Waals surface area contributed by atoms with Crippen molar-refractivity contribution in [1.82, 2.24) is 15.5 Å². The molecule has 0 unspecified atom stereocenters. The maximum absolute atomic E-state index is 12.1. The molecule has 4 N–H and O–H groups in total. The normalized spacial score (nSPS) is 16.4. The van der Waals surface area contributed by atoms with Crippen LogP contribution in [0.4, 0.5) is 5.69 Å². The van der Waals surface area contributed by atoms with E-state index in [1.807, 2.05) is 6.92 Å². The van der Waals surface area contributed by atoms with Gasteiger partial charge in [0.15, 0.2) is 5.96 Å². The maximum Gasteiger partial charge on any atom is 0.246 e. The van der Waals surface area contributed by atoms with Crippen LogP contribution in [0.1, 0.15) is 33.6 Å². The van der Waals surface area contributed by atoms with Crippen LogP contribution in [0.3, 0.4) is 0 Å². The van der Waals surface area contributed by atoms with Gasteiger partial charge in [0.1, 0.15) is 12.3 Å². The molecule has 1 aromatic rings. The van der Waals surface area contributed by atoms with E-state index in [-0.39, 0.29) is 18.2 Å². The van der Waals surface area contributed by atoms with Crippen LogP contribution in [-0.2, 0) is 4.79 Å². The fourth-order valence-corrected chi connectivity index (χ4v) is 3.19. The van der Waals surface area contributed by atoms with Crippen LogP contribution >= 0.6 is 0 Å². The van der Waals surface area contributed by atoms with Crippen LogP contribution in [-0.4, -0.2) is 60.6 Å². The van der Waals surface area contributed by atoms with Crippen molar-refractivity contribution in [3.63, 3.8) is 0 Å². The second kappa shape index (κ2) is 10.8. The summed E-state index contributed by atoms with van der Waals surface area (Å²) in [6.45, 7) is 10.7. The van der Waals surface area contributed by atoms with Crippen molar-refractivity contribution in [1.29, 1.82) is 0 Å². The van der Waals surface area contributed by atoms with Gasteiger partial charge >= 0.3 is 0 Å². The zero-order chi connectivity index (χ0) is 19.6. The van der Waals surface area contributed by atoms with E-state index in [1.165, 1.54) is 12.1 Å². The highest BCUT2D eigenvalue weighted by Crippen LogP contribution is 2.14. The molecular weight excluding hydrogens is 342 g/mol. The summed E-state index contributed by atoms with van der Waals surface area (Å²) in [4.78, 5) is 19.0. The maximum atomic E-state index is 12.1. The molecule has 0 saturated carbocycles. The number of amides is 1. The molecule has 7 nitrogen and oxygen atoms in total. The standard InChI is InChI=1S/C20H33N5O2/c1-4-21-20(24-17-9-11-25(12-10-17)14-15(2)3)22-13-19(27)23-16-5-7-18(26)8-6-16/h5-8,15,17,26H,4,9-14H2,1-3H3,(H,23,27)(H2,21,22,24). The summed E-state index contributed by atoms with van der Waals surface area (Å²) < 4.78 is 0. The first-order chi connectivity index (χ1) is 13.0. The Hall–Kier alpha value is -2.28. The van der Waals surface area contributed by atoms with E-state index in [4.69, 9.17) is 0 Å². The van der Waals surface area contributed by atoms with Crippen molar-refractivity contribution >= 4 is 17.6 Å². The number of anilines is 1. The molecule has 1 heterocycles. The number of piperidine rings is 1. The van der Waals surface area contributed by atoms with Crippen LogP contribution in [0, 0.1) is 5.92 Å². The molecule has 0 atom stereocenters. The van der Waals surface area contributed by atoms with Gasteiger partial charge in [0.2, 0.25) is 5.91 Å². The highest BCUT2D eigenvalue weighted by molar-refractivity contribution is 5.94. The molecule has 2 rings (SSSR count). The Morgan fingerprint density at radius 2 is 1.93 bits per heavy atom. The average Bonchev–Trinajstić information content (AvgIpc) is 2.63. The topological polar surface area (TPSA) is 89.0 Å². The van der Waals surface area contributed by atoms with Crippen molar-refractivity contribution in [3.05, 3.63) is 24.3 Å². The Balaban J connectivity index is 1.81. The summed E-state index contributed by atoms with van der Waals surface area (Å²) in [5, 5.41) is 18.7. The molecule has 150 valence electrons. The van der Waals surface area contributed by atoms with E-state index < -0.39 is 0 Å². The van der Waals surface area contributed by atoms with Gasteiger partial charge in [0, 0.05) is 37.9 Å². The van der Waals surface area contributed by atoms with Crippen LogP contribution in [0.15, 0.2) is 29.3 Å². The highest BCUT2D eigenvalue weighted by atomic mass is 16.3. The Morgan fingerprint density at radius 3 is 2.52 bits per heavy atom. The zero-order valence-corrected chi connectivity index (χ0v) is 16.7. The predicted molar refractivity (Wildman–Crippen MR) is 110 cm³/mol. The molecule has 0 aliphatic carbocycles. The number of likely N-dealkylation sites (tertiary alicyclic amines) is 1. The molecule has 1 fully saturated rings. The predicted octanol–water partition coefficient (Wildman–Crippen LogP) is 2.01. The van der Waals surface area contributed by atoms with Crippen molar-refractivity contribution in [2.24, 2.45) is 10.9 Å². The first-order valence-electron chi connectivity index (χ1n) is 9.82. The Morgan fingerprint density at radius 1 is 1.26 bits per heavy atom. The lowest BCUT2D eigenvalue weighted by atomic mass is 10.0. The van der Waals surface area contributed by atoms with E-state index >= 15 is 0 Å². The lowest BCUT2D eigenvalue weighted by Crippen LogP contribution is -2.49. The van der Waals surface area contributed by atoms with Gasteiger partial charge in [-0.25, -0.2) is 4.99 Å². The number of carbonyl (C=O) groups is 1. The number of phenols is 1. The summed E-state index contributed by atoms with van der Waals surface area (Å²) in [5.41, 5.74) is 0.642. The number of rotatable bonds is 7. The minimum absolute atomic E-state index is 0.0441. The molecule has 0 aromatic heterocycles. The quantitative estimate of drug-likeness (QED) is 0.333. The van der Waals surface area contributed by atoms with E-state index in [9.17, 15) is 9.90 Å². The highest BCUT2D eigenvalue weighted by Gasteiger charge is 2.20. The van der Waals surface area contributed by atoms with Gasteiger partial charge in [-0.15, -0.1) is 0 Å². The van der Waals surface area contributed by atoms with Crippen LogP contribution < -0.4 is 16.0 Å². The van der Waals surface area contributed by atoms with Gasteiger partial charge in [-0.3, -0.25) is 4.79 Å². The number of aliphatic imine (C=N–C) groups is 1. The molecule has 0 bridgehead atoms. The van der Waals surface area contributed by atoms with Crippen molar-refractivity contribution in [2.75, 3.05) is 38.0 Å². The Kier molecular flexibility index (Phi) is 8.39. The molecule has 27 heavy (non-hydrogen) atoms. The van der Waals surface area contributed by atoms with E-state index in [2.05, 4.69) is 39.7 Å². The fourth-order valence-electron chi connectivity index (χ4n) is 3.19. The monoisotopic (exact) mass is 375 g/mol. The minimum Gasteiger partial charge on any atom is -0.508 e. The summed E-state index contributed by atoms with van der Waals surface area (Å²) >= 11 is 0. The van der Waals surface area contributed by atoms with Gasteiger partial charge in [-0.2, -0.15) is 0 Å². The summed E-state index contributed by atoms with van der Waals surface area (Å²) in [5.74, 6) is 1.36. The third-order valence-electron chi connectivity index (χ3n) is 4.43. The van der Waals surface area contributed by atoms with Gasteiger partial charge in [-0.05, 0) is 49.9 Å². The van der Waals surface area contributed by atoms with E-state index in [0.29, 0.717) is 23.6 Å². The molecule has 1 aliphatic rings. The minimum atomic E-state index is -0.190. The largest absolute Gasteiger partial charge is 0.508 e. The number of hydrogen-bond acceptors (Lipinski definition) is 4. The third kappa shape index (κ3) is 7.86. The average molecular weight is 376 g/mol. The zero-order valence-electron chi connectivity index (χ0n) is 16.7. The number of carbonyl (C=O) groups excluding carboxylic acids is 1. The Labute approximate surface area is 162 Å². The molecule has 1 aliphatic heterocycles. The molecule has 1 saturated heterocycles. The summed E-state index contributed by atoms with van der Waals surface area (Å²) in [7, 11) is 0. The first-order valence-corrected chi connectivity index (χ1v) is 9.82. The molecule has 0 radical (unpaired) electrons. The number of phenolic OH excluding ortho intramolecular Hbond substituents is 1. The van der Waals surface area contributed by atoms with Gasteiger partial charge in [0.05, 0.1) is 0 Å². The smallest absolute Gasteiger partial charge is 0.246 e. The van der Waals surface area contributed by atoms with Crippen LogP contribution in [0.5, 0.6) is 5.75 Å². The van der Waals surface area contributed by atoms with Crippen molar-refractivity contribution < 1.29 is 9.90 Å². The van der Waals surface area contributed by atoms with E-state index in [0.717, 1.165) is 39.0 Å². The summed E-state index contributed by atoms with van der Waals surface area (Å²) in [6, 6.07) is 6.77. The van der Waals surface area contributed by atoms with Crippen LogP contribution in [0.25, 0.3) is 0 Å². The lowest BCUT2D eigenvalue weighted by molar-refractivity contribution is -0.114. The Bertz CT molecular complexity index is 607. The number of guanidine groups is 1. The fraction of sp³-hybridized carbons (Fsp3) is 0.600. The number of nitrogens with one attached hydrogen (secondary N) is 3. The van der Waals surface area contributed by atoms with Crippen molar-refractivity contribution in [3.8, 4) is 5.75 Å². The number of nitrogens with zero attached hydrogens (tertiary/aromatic N) is 2. The molecule has 7 heteroatoms. The van der Waals surface area contributed by atoms with Crippen molar-refractivity contribution in [2.45, 2.75) is 39.7 Å². The second-order valence-corrected chi connectivity index (χ2v) is 7.40. The SMILES string of the molecule is CCNC(=NCC(=O)Nc1ccc(O)cc1)NC1CCN(CC(C)C)CC1.